The molecule has 0 aliphatic heterocycles. The lowest BCUT2D eigenvalue weighted by Gasteiger charge is -2.10. The summed E-state index contributed by atoms with van der Waals surface area (Å²) in [5, 5.41) is 3.65. The van der Waals surface area contributed by atoms with E-state index in [-0.39, 0.29) is 0 Å². The molecule has 8 aromatic carbocycles. The third-order valence-corrected chi connectivity index (χ3v) is 12.0. The first kappa shape index (κ1) is 32.3. The van der Waals surface area contributed by atoms with Crippen LogP contribution in [0.1, 0.15) is 0 Å². The van der Waals surface area contributed by atoms with Gasteiger partial charge in [-0.25, -0.2) is 9.97 Å². The Morgan fingerprint density at radius 1 is 0.357 bits per heavy atom. The summed E-state index contributed by atoms with van der Waals surface area (Å²) in [6.45, 7) is 0. The number of thiophene rings is 1. The number of nitrogens with zero attached hydrogens (tertiary/aromatic N) is 3. The normalized spacial score (nSPS) is 11.6. The number of fused-ring (bicyclic) bond motifs is 6. The maximum Gasteiger partial charge on any atom is 0.160 e. The topological polar surface area (TPSA) is 30.7 Å². The second-order valence-electron chi connectivity index (χ2n) is 14.2. The highest BCUT2D eigenvalue weighted by molar-refractivity contribution is 7.26. The zero-order valence-corrected chi connectivity index (χ0v) is 31.1. The molecule has 56 heavy (non-hydrogen) atoms. The van der Waals surface area contributed by atoms with Crippen LogP contribution in [-0.2, 0) is 0 Å². The van der Waals surface area contributed by atoms with E-state index in [2.05, 4.69) is 187 Å². The zero-order chi connectivity index (χ0) is 37.0. The lowest BCUT2D eigenvalue weighted by atomic mass is 9.97. The van der Waals surface area contributed by atoms with Crippen LogP contribution >= 0.6 is 11.3 Å². The van der Waals surface area contributed by atoms with Crippen LogP contribution in [0.25, 0.3) is 104 Å². The molecule has 11 rings (SSSR count). The van der Waals surface area contributed by atoms with Gasteiger partial charge in [0.2, 0.25) is 0 Å². The van der Waals surface area contributed by atoms with E-state index < -0.39 is 0 Å². The van der Waals surface area contributed by atoms with Crippen molar-refractivity contribution in [1.29, 1.82) is 0 Å². The lowest BCUT2D eigenvalue weighted by Crippen LogP contribution is -1.93. The maximum absolute atomic E-state index is 5.26. The van der Waals surface area contributed by atoms with Gasteiger partial charge in [0, 0.05) is 37.7 Å². The fraction of sp³-hybridized carbons (Fsp3) is 0. The summed E-state index contributed by atoms with van der Waals surface area (Å²) in [5.74, 6) is 0.732. The first-order valence-electron chi connectivity index (χ1n) is 18.9. The van der Waals surface area contributed by atoms with Gasteiger partial charge in [0.05, 0.1) is 26.9 Å². The van der Waals surface area contributed by atoms with Gasteiger partial charge in [-0.2, -0.15) is 0 Å². The molecule has 0 saturated heterocycles. The molecule has 3 heterocycles. The van der Waals surface area contributed by atoms with Gasteiger partial charge < -0.3 is 4.57 Å². The fourth-order valence-corrected chi connectivity index (χ4v) is 9.20. The molecular formula is C52H33N3S. The van der Waals surface area contributed by atoms with Crippen molar-refractivity contribution in [1.82, 2.24) is 14.5 Å². The molecule has 11 aromatic rings. The second kappa shape index (κ2) is 13.3. The predicted octanol–water partition coefficient (Wildman–Crippen LogP) is 14.3. The summed E-state index contributed by atoms with van der Waals surface area (Å²) in [5.41, 5.74) is 14.7. The summed E-state index contributed by atoms with van der Waals surface area (Å²) in [6, 6.07) is 71.5. The molecule has 4 heteroatoms. The van der Waals surface area contributed by atoms with E-state index in [4.69, 9.17) is 9.97 Å². The van der Waals surface area contributed by atoms with Crippen LogP contribution in [0.2, 0.25) is 0 Å². The van der Waals surface area contributed by atoms with E-state index in [1.165, 1.54) is 54.3 Å². The van der Waals surface area contributed by atoms with E-state index in [0.29, 0.717) is 0 Å². The standard InChI is InChI=1S/C52H33N3S/c1-4-13-34(14-5-1)35-23-25-36(26-24-35)49-51-50(54-52(53-49)37-15-6-2-7-16-37)45-32-40(28-30-48(45)56-51)38-17-12-18-39(31-38)41-27-29-44-43-21-10-11-22-46(43)55(47(44)33-41)42-19-8-3-9-20-42/h1-33H. The highest BCUT2D eigenvalue weighted by Gasteiger charge is 2.18. The molecular weight excluding hydrogens is 699 g/mol. The molecule has 0 bridgehead atoms. The van der Waals surface area contributed by atoms with Crippen molar-refractivity contribution < 1.29 is 0 Å². The smallest absolute Gasteiger partial charge is 0.160 e. The van der Waals surface area contributed by atoms with Gasteiger partial charge in [-0.15, -0.1) is 11.3 Å². The second-order valence-corrected chi connectivity index (χ2v) is 15.2. The highest BCUT2D eigenvalue weighted by Crippen LogP contribution is 2.42. The minimum absolute atomic E-state index is 0.732. The first-order valence-corrected chi connectivity index (χ1v) is 19.7. The number of benzene rings is 8. The maximum atomic E-state index is 5.26. The number of hydrogen-bond acceptors (Lipinski definition) is 3. The lowest BCUT2D eigenvalue weighted by molar-refractivity contribution is 1.18. The van der Waals surface area contributed by atoms with Crippen molar-refractivity contribution in [2.45, 2.75) is 0 Å². The van der Waals surface area contributed by atoms with Gasteiger partial charge in [0.25, 0.3) is 0 Å². The molecule has 262 valence electrons. The monoisotopic (exact) mass is 731 g/mol. The molecule has 0 aliphatic carbocycles. The third kappa shape index (κ3) is 5.50. The van der Waals surface area contributed by atoms with E-state index >= 15 is 0 Å². The summed E-state index contributed by atoms with van der Waals surface area (Å²) >= 11 is 1.77. The molecule has 0 saturated carbocycles. The van der Waals surface area contributed by atoms with Crippen LogP contribution < -0.4 is 0 Å². The molecule has 0 atom stereocenters. The molecule has 0 unspecified atom stereocenters. The van der Waals surface area contributed by atoms with Gasteiger partial charge >= 0.3 is 0 Å². The molecule has 0 amide bonds. The van der Waals surface area contributed by atoms with Crippen LogP contribution in [0.5, 0.6) is 0 Å². The van der Waals surface area contributed by atoms with Gasteiger partial charge in [-0.05, 0) is 75.8 Å². The SMILES string of the molecule is c1ccc(-c2ccc(-c3nc(-c4ccccc4)nc4c3sc3ccc(-c5cccc(-c6ccc7c8ccccc8n(-c8ccccc8)c7c6)c5)cc34)cc2)cc1. The Bertz CT molecular complexity index is 3220. The zero-order valence-electron chi connectivity index (χ0n) is 30.3. The third-order valence-electron chi connectivity index (χ3n) is 10.8. The Morgan fingerprint density at radius 3 is 1.68 bits per heavy atom. The van der Waals surface area contributed by atoms with Crippen molar-refractivity contribution in [3.63, 3.8) is 0 Å². The quantitative estimate of drug-likeness (QED) is 0.170. The van der Waals surface area contributed by atoms with E-state index in [1.54, 1.807) is 11.3 Å². The van der Waals surface area contributed by atoms with Gasteiger partial charge in [-0.3, -0.25) is 0 Å². The van der Waals surface area contributed by atoms with E-state index in [9.17, 15) is 0 Å². The minimum Gasteiger partial charge on any atom is -0.309 e. The summed E-state index contributed by atoms with van der Waals surface area (Å²) in [6.07, 6.45) is 0. The molecule has 0 N–H and O–H groups in total. The largest absolute Gasteiger partial charge is 0.309 e. The van der Waals surface area contributed by atoms with Gasteiger partial charge in [0.1, 0.15) is 0 Å². The molecule has 0 fully saturated rings. The van der Waals surface area contributed by atoms with Crippen molar-refractivity contribution in [3.8, 4) is 61.7 Å². The predicted molar refractivity (Wildman–Crippen MR) is 236 cm³/mol. The van der Waals surface area contributed by atoms with Crippen molar-refractivity contribution >= 4 is 53.4 Å². The van der Waals surface area contributed by atoms with Crippen LogP contribution in [0.15, 0.2) is 200 Å². The Kier molecular flexibility index (Phi) is 7.68. The summed E-state index contributed by atoms with van der Waals surface area (Å²) < 4.78 is 4.67. The molecule has 3 aromatic heterocycles. The number of para-hydroxylation sites is 2. The van der Waals surface area contributed by atoms with Crippen molar-refractivity contribution in [2.75, 3.05) is 0 Å². The summed E-state index contributed by atoms with van der Waals surface area (Å²) in [7, 11) is 0. The van der Waals surface area contributed by atoms with Gasteiger partial charge in [-0.1, -0.05) is 158 Å². The van der Waals surface area contributed by atoms with Crippen LogP contribution in [0.3, 0.4) is 0 Å². The van der Waals surface area contributed by atoms with E-state index in [0.717, 1.165) is 49.5 Å². The average molecular weight is 732 g/mol. The molecule has 3 nitrogen and oxygen atoms in total. The fourth-order valence-electron chi connectivity index (χ4n) is 8.07. The molecule has 0 radical (unpaired) electrons. The van der Waals surface area contributed by atoms with Gasteiger partial charge in [0.15, 0.2) is 5.82 Å². The first-order chi connectivity index (χ1) is 27.7. The van der Waals surface area contributed by atoms with Crippen molar-refractivity contribution in [3.05, 3.63) is 200 Å². The van der Waals surface area contributed by atoms with Crippen LogP contribution in [-0.4, -0.2) is 14.5 Å². The van der Waals surface area contributed by atoms with Crippen LogP contribution in [0, 0.1) is 0 Å². The van der Waals surface area contributed by atoms with Crippen molar-refractivity contribution in [2.24, 2.45) is 0 Å². The summed E-state index contributed by atoms with van der Waals surface area (Å²) in [4.78, 5) is 10.5. The molecule has 0 aliphatic rings. The molecule has 0 spiro atoms. The highest BCUT2D eigenvalue weighted by atomic mass is 32.1. The number of rotatable bonds is 6. The number of hydrogen-bond donors (Lipinski definition) is 0. The average Bonchev–Trinajstić information content (AvgIpc) is 3.82. The Hall–Kier alpha value is -7.14. The Labute approximate surface area is 328 Å². The Balaban J connectivity index is 1.03. The van der Waals surface area contributed by atoms with E-state index in [1.807, 2.05) is 18.2 Å². The Morgan fingerprint density at radius 2 is 0.911 bits per heavy atom. The number of aromatic nitrogens is 3. The van der Waals surface area contributed by atoms with Crippen LogP contribution in [0.4, 0.5) is 0 Å². The minimum atomic E-state index is 0.732.